The maximum atomic E-state index is 12.7. The number of carbonyl (C=O) groups excluding carboxylic acids is 1. The zero-order valence-electron chi connectivity index (χ0n) is 14.3. The summed E-state index contributed by atoms with van der Waals surface area (Å²) < 4.78 is 5.70. The molecule has 132 valence electrons. The summed E-state index contributed by atoms with van der Waals surface area (Å²) >= 11 is 1.60. The quantitative estimate of drug-likeness (QED) is 0.906. The van der Waals surface area contributed by atoms with Crippen molar-refractivity contribution in [2.75, 3.05) is 19.7 Å². The van der Waals surface area contributed by atoms with Crippen molar-refractivity contribution in [2.45, 2.75) is 45.6 Å². The average molecular weight is 351 g/mol. The van der Waals surface area contributed by atoms with E-state index in [1.807, 2.05) is 11.0 Å². The summed E-state index contributed by atoms with van der Waals surface area (Å²) in [5.41, 5.74) is 1.20. The van der Waals surface area contributed by atoms with Gasteiger partial charge in [0.05, 0.1) is 16.9 Å². The maximum absolute atomic E-state index is 12.7. The second kappa shape index (κ2) is 7.23. The third kappa shape index (κ3) is 3.35. The van der Waals surface area contributed by atoms with E-state index in [4.69, 9.17) is 4.74 Å². The average Bonchev–Trinajstić information content (AvgIpc) is 3.21. The minimum Gasteiger partial charge on any atom is -0.481 e. The second-order valence-corrected chi connectivity index (χ2v) is 7.91. The molecular weight excluding hydrogens is 326 g/mol. The molecule has 3 heterocycles. The number of aryl methyl sites for hydroxylation is 2. The van der Waals surface area contributed by atoms with E-state index in [0.29, 0.717) is 26.1 Å². The monoisotopic (exact) mass is 351 g/mol. The Morgan fingerprint density at radius 2 is 2.04 bits per heavy atom. The fraction of sp³-hybridized carbons (Fsp3) is 0.667. The summed E-state index contributed by atoms with van der Waals surface area (Å²) in [5.74, 6) is -0.779. The van der Waals surface area contributed by atoms with Crippen molar-refractivity contribution < 1.29 is 19.4 Å². The topological polar surface area (TPSA) is 66.8 Å². The summed E-state index contributed by atoms with van der Waals surface area (Å²) in [6, 6.07) is 2.00. The Morgan fingerprint density at radius 1 is 1.33 bits per heavy atom. The lowest BCUT2D eigenvalue weighted by Gasteiger charge is -2.35. The number of amides is 1. The Morgan fingerprint density at radius 3 is 2.62 bits per heavy atom. The van der Waals surface area contributed by atoms with Gasteiger partial charge in [-0.05, 0) is 50.2 Å². The van der Waals surface area contributed by atoms with Crippen LogP contribution in [-0.2, 0) is 16.0 Å². The van der Waals surface area contributed by atoms with E-state index in [2.05, 4.69) is 13.8 Å². The molecule has 2 saturated heterocycles. The lowest BCUT2D eigenvalue weighted by molar-refractivity contribution is -0.145. The summed E-state index contributed by atoms with van der Waals surface area (Å²) in [7, 11) is 0. The Hall–Kier alpha value is -1.40. The highest BCUT2D eigenvalue weighted by Crippen LogP contribution is 2.34. The first-order valence-electron chi connectivity index (χ1n) is 8.74. The van der Waals surface area contributed by atoms with Gasteiger partial charge in [-0.25, -0.2) is 0 Å². The molecule has 0 saturated carbocycles. The van der Waals surface area contributed by atoms with Gasteiger partial charge in [0.15, 0.2) is 0 Å². The molecule has 1 aromatic rings. The van der Waals surface area contributed by atoms with Crippen LogP contribution in [0.4, 0.5) is 0 Å². The minimum atomic E-state index is -0.753. The van der Waals surface area contributed by atoms with Crippen LogP contribution in [0.5, 0.6) is 0 Å². The highest BCUT2D eigenvalue weighted by molar-refractivity contribution is 7.14. The number of likely N-dealkylation sites (tertiary alicyclic amines) is 1. The number of thiophene rings is 1. The predicted molar refractivity (Wildman–Crippen MR) is 92.5 cm³/mol. The summed E-state index contributed by atoms with van der Waals surface area (Å²) in [6.45, 7) is 6.08. The SMILES string of the molecule is CCc1sc(C(=O)N2CCC([C@@H]3OCCC3C(=O)O)CC2)cc1C. The Labute approximate surface area is 146 Å². The van der Waals surface area contributed by atoms with Crippen LogP contribution in [0.1, 0.15) is 46.3 Å². The molecule has 3 rings (SSSR count). The van der Waals surface area contributed by atoms with E-state index >= 15 is 0 Å². The first-order chi connectivity index (χ1) is 11.5. The Bertz CT molecular complexity index is 619. The lowest BCUT2D eigenvalue weighted by atomic mass is 9.84. The number of carboxylic acids is 1. The molecule has 2 fully saturated rings. The normalized spacial score (nSPS) is 25.2. The first kappa shape index (κ1) is 17.4. The van der Waals surface area contributed by atoms with Gasteiger partial charge in [0.1, 0.15) is 0 Å². The van der Waals surface area contributed by atoms with Crippen LogP contribution in [0.15, 0.2) is 6.07 Å². The van der Waals surface area contributed by atoms with Gasteiger partial charge in [0.25, 0.3) is 5.91 Å². The number of hydrogen-bond acceptors (Lipinski definition) is 4. The third-order valence-corrected chi connectivity index (χ3v) is 6.67. The van der Waals surface area contributed by atoms with Gasteiger partial charge in [-0.15, -0.1) is 11.3 Å². The van der Waals surface area contributed by atoms with Crippen molar-refractivity contribution in [3.63, 3.8) is 0 Å². The molecule has 2 atom stereocenters. The zero-order chi connectivity index (χ0) is 17.3. The van der Waals surface area contributed by atoms with Crippen molar-refractivity contribution in [3.8, 4) is 0 Å². The molecular formula is C18H25NO4S. The van der Waals surface area contributed by atoms with E-state index in [1.54, 1.807) is 11.3 Å². The van der Waals surface area contributed by atoms with Crippen molar-refractivity contribution in [3.05, 3.63) is 21.4 Å². The molecule has 0 radical (unpaired) electrons. The van der Waals surface area contributed by atoms with Gasteiger partial charge in [-0.3, -0.25) is 9.59 Å². The van der Waals surface area contributed by atoms with Crippen molar-refractivity contribution in [1.29, 1.82) is 0 Å². The number of nitrogens with zero attached hydrogens (tertiary/aromatic N) is 1. The molecule has 5 nitrogen and oxygen atoms in total. The van der Waals surface area contributed by atoms with Crippen molar-refractivity contribution in [1.82, 2.24) is 4.90 Å². The van der Waals surface area contributed by atoms with Crippen LogP contribution in [0.25, 0.3) is 0 Å². The molecule has 2 aliphatic heterocycles. The molecule has 1 aromatic heterocycles. The number of piperidine rings is 1. The maximum Gasteiger partial charge on any atom is 0.309 e. The molecule has 6 heteroatoms. The van der Waals surface area contributed by atoms with E-state index in [0.717, 1.165) is 24.1 Å². The van der Waals surface area contributed by atoms with E-state index < -0.39 is 5.97 Å². The van der Waals surface area contributed by atoms with Crippen molar-refractivity contribution in [2.24, 2.45) is 11.8 Å². The fourth-order valence-corrected chi connectivity index (χ4v) is 4.99. The highest BCUT2D eigenvalue weighted by Gasteiger charge is 2.40. The highest BCUT2D eigenvalue weighted by atomic mass is 32.1. The van der Waals surface area contributed by atoms with E-state index in [1.165, 1.54) is 10.4 Å². The fourth-order valence-electron chi connectivity index (χ4n) is 3.90. The molecule has 2 aliphatic rings. The first-order valence-corrected chi connectivity index (χ1v) is 9.56. The molecule has 24 heavy (non-hydrogen) atoms. The number of aliphatic carboxylic acids is 1. The Balaban J connectivity index is 1.60. The number of carbonyl (C=O) groups is 2. The van der Waals surface area contributed by atoms with Crippen LogP contribution in [0.3, 0.4) is 0 Å². The van der Waals surface area contributed by atoms with Crippen LogP contribution < -0.4 is 0 Å². The molecule has 1 amide bonds. The van der Waals surface area contributed by atoms with Crippen LogP contribution in [-0.4, -0.2) is 47.7 Å². The van der Waals surface area contributed by atoms with Gasteiger partial charge in [-0.2, -0.15) is 0 Å². The van der Waals surface area contributed by atoms with Gasteiger partial charge >= 0.3 is 5.97 Å². The number of hydrogen-bond donors (Lipinski definition) is 1. The molecule has 0 aromatic carbocycles. The Kier molecular flexibility index (Phi) is 5.25. The molecule has 0 spiro atoms. The van der Waals surface area contributed by atoms with Crippen LogP contribution >= 0.6 is 11.3 Å². The second-order valence-electron chi connectivity index (χ2n) is 6.77. The van der Waals surface area contributed by atoms with Gasteiger partial charge in [0.2, 0.25) is 0 Å². The summed E-state index contributed by atoms with van der Waals surface area (Å²) in [5, 5.41) is 9.31. The van der Waals surface area contributed by atoms with Gasteiger partial charge in [-0.1, -0.05) is 6.92 Å². The van der Waals surface area contributed by atoms with Crippen LogP contribution in [0.2, 0.25) is 0 Å². The van der Waals surface area contributed by atoms with Gasteiger partial charge in [0, 0.05) is 24.6 Å². The smallest absolute Gasteiger partial charge is 0.309 e. The molecule has 1 N–H and O–H groups in total. The van der Waals surface area contributed by atoms with E-state index in [-0.39, 0.29) is 23.8 Å². The standard InChI is InChI=1S/C18H25NO4S/c1-3-14-11(2)10-15(24-14)17(20)19-7-4-12(5-8-19)16-13(18(21)22)6-9-23-16/h10,12-13,16H,3-9H2,1-2H3,(H,21,22)/t13?,16-/m0/s1. The third-order valence-electron chi connectivity index (χ3n) is 5.30. The molecule has 1 unspecified atom stereocenters. The molecule has 0 aliphatic carbocycles. The van der Waals surface area contributed by atoms with E-state index in [9.17, 15) is 14.7 Å². The lowest BCUT2D eigenvalue weighted by Crippen LogP contribution is -2.43. The number of carboxylic acid groups (broad SMARTS) is 1. The summed E-state index contributed by atoms with van der Waals surface area (Å²) in [4.78, 5) is 28.0. The van der Waals surface area contributed by atoms with Gasteiger partial charge < -0.3 is 14.7 Å². The zero-order valence-corrected chi connectivity index (χ0v) is 15.1. The predicted octanol–water partition coefficient (Wildman–Crippen LogP) is 2.96. The largest absolute Gasteiger partial charge is 0.481 e. The number of ether oxygens (including phenoxy) is 1. The summed E-state index contributed by atoms with van der Waals surface area (Å²) in [6.07, 6.45) is 3.03. The minimum absolute atomic E-state index is 0.114. The molecule has 0 bridgehead atoms. The van der Waals surface area contributed by atoms with Crippen LogP contribution in [0, 0.1) is 18.8 Å². The number of rotatable bonds is 4. The van der Waals surface area contributed by atoms with Crippen molar-refractivity contribution >= 4 is 23.2 Å².